The van der Waals surface area contributed by atoms with E-state index in [1.54, 1.807) is 13.0 Å². The lowest BCUT2D eigenvalue weighted by atomic mass is 10.2. The van der Waals surface area contributed by atoms with E-state index in [4.69, 9.17) is 4.74 Å². The van der Waals surface area contributed by atoms with Gasteiger partial charge in [0.2, 0.25) is 0 Å². The SMILES string of the molecule is Cc1nc(C(=O)Nc2ccc(OC(C)C)cc2)cc(N2CCc3ccccc32)n1. The number of anilines is 3. The summed E-state index contributed by atoms with van der Waals surface area (Å²) in [6, 6.07) is 17.4. The van der Waals surface area contributed by atoms with Crippen LogP contribution in [0, 0.1) is 6.92 Å². The van der Waals surface area contributed by atoms with Gasteiger partial charge in [-0.25, -0.2) is 9.97 Å². The minimum Gasteiger partial charge on any atom is -0.491 e. The van der Waals surface area contributed by atoms with Crippen LogP contribution in [0.3, 0.4) is 0 Å². The summed E-state index contributed by atoms with van der Waals surface area (Å²) in [7, 11) is 0. The molecule has 29 heavy (non-hydrogen) atoms. The van der Waals surface area contributed by atoms with Crippen LogP contribution in [0.2, 0.25) is 0 Å². The zero-order chi connectivity index (χ0) is 20.4. The molecule has 148 valence electrons. The highest BCUT2D eigenvalue weighted by molar-refractivity contribution is 6.03. The maximum atomic E-state index is 12.8. The summed E-state index contributed by atoms with van der Waals surface area (Å²) in [5.41, 5.74) is 3.46. The van der Waals surface area contributed by atoms with E-state index in [9.17, 15) is 4.79 Å². The highest BCUT2D eigenvalue weighted by Gasteiger charge is 2.22. The average molecular weight is 388 g/mol. The molecule has 6 nitrogen and oxygen atoms in total. The van der Waals surface area contributed by atoms with Crippen LogP contribution in [0.25, 0.3) is 0 Å². The van der Waals surface area contributed by atoms with Crippen molar-refractivity contribution in [1.29, 1.82) is 0 Å². The van der Waals surface area contributed by atoms with Crippen molar-refractivity contribution in [2.24, 2.45) is 0 Å². The molecule has 2 heterocycles. The van der Waals surface area contributed by atoms with E-state index in [1.807, 2.05) is 50.2 Å². The first-order chi connectivity index (χ1) is 14.0. The summed E-state index contributed by atoms with van der Waals surface area (Å²) in [6.45, 7) is 6.60. The Morgan fingerprint density at radius 3 is 2.62 bits per heavy atom. The van der Waals surface area contributed by atoms with Gasteiger partial charge in [-0.1, -0.05) is 18.2 Å². The van der Waals surface area contributed by atoms with Crippen LogP contribution in [0.1, 0.15) is 35.7 Å². The van der Waals surface area contributed by atoms with Crippen molar-refractivity contribution >= 4 is 23.1 Å². The molecule has 3 aromatic rings. The van der Waals surface area contributed by atoms with Crippen LogP contribution >= 0.6 is 0 Å². The monoisotopic (exact) mass is 388 g/mol. The second kappa shape index (κ2) is 7.91. The Hall–Kier alpha value is -3.41. The third-order valence-corrected chi connectivity index (χ3v) is 4.70. The van der Waals surface area contributed by atoms with Crippen molar-refractivity contribution in [2.75, 3.05) is 16.8 Å². The number of nitrogens with zero attached hydrogens (tertiary/aromatic N) is 3. The molecule has 0 bridgehead atoms. The molecule has 4 rings (SSSR count). The van der Waals surface area contributed by atoms with E-state index in [-0.39, 0.29) is 12.0 Å². The van der Waals surface area contributed by atoms with Gasteiger partial charge in [-0.3, -0.25) is 4.79 Å². The minimum absolute atomic E-state index is 0.105. The summed E-state index contributed by atoms with van der Waals surface area (Å²) in [6.07, 6.45) is 1.07. The normalized spacial score (nSPS) is 12.8. The Morgan fingerprint density at radius 2 is 1.86 bits per heavy atom. The smallest absolute Gasteiger partial charge is 0.274 e. The number of aryl methyl sites for hydroxylation is 1. The fourth-order valence-corrected chi connectivity index (χ4v) is 3.47. The van der Waals surface area contributed by atoms with Gasteiger partial charge in [0.1, 0.15) is 23.1 Å². The zero-order valence-corrected chi connectivity index (χ0v) is 16.8. The number of amides is 1. The molecule has 0 saturated carbocycles. The number of aromatic nitrogens is 2. The third kappa shape index (κ3) is 4.21. The Balaban J connectivity index is 1.54. The lowest BCUT2D eigenvalue weighted by molar-refractivity contribution is 0.102. The van der Waals surface area contributed by atoms with Crippen molar-refractivity contribution < 1.29 is 9.53 Å². The molecule has 1 aromatic heterocycles. The van der Waals surface area contributed by atoms with E-state index in [2.05, 4.69) is 32.3 Å². The molecule has 0 aliphatic carbocycles. The number of benzene rings is 2. The molecule has 0 radical (unpaired) electrons. The number of hydrogen-bond donors (Lipinski definition) is 1. The number of rotatable bonds is 5. The lowest BCUT2D eigenvalue weighted by Gasteiger charge is -2.19. The van der Waals surface area contributed by atoms with Crippen LogP contribution in [-0.2, 0) is 6.42 Å². The second-order valence-corrected chi connectivity index (χ2v) is 7.33. The number of ether oxygens (including phenoxy) is 1. The zero-order valence-electron chi connectivity index (χ0n) is 16.8. The summed E-state index contributed by atoms with van der Waals surface area (Å²) >= 11 is 0. The van der Waals surface area contributed by atoms with Crippen molar-refractivity contribution in [2.45, 2.75) is 33.3 Å². The first-order valence-electron chi connectivity index (χ1n) is 9.79. The van der Waals surface area contributed by atoms with Crippen molar-refractivity contribution in [3.63, 3.8) is 0 Å². The molecular formula is C23H24N4O2. The van der Waals surface area contributed by atoms with Crippen molar-refractivity contribution in [3.8, 4) is 5.75 Å². The average Bonchev–Trinajstić information content (AvgIpc) is 3.13. The topological polar surface area (TPSA) is 67.3 Å². The van der Waals surface area contributed by atoms with Crippen LogP contribution in [0.4, 0.5) is 17.2 Å². The lowest BCUT2D eigenvalue weighted by Crippen LogP contribution is -2.19. The van der Waals surface area contributed by atoms with E-state index in [1.165, 1.54) is 5.56 Å². The molecule has 1 N–H and O–H groups in total. The van der Waals surface area contributed by atoms with Crippen LogP contribution in [0.15, 0.2) is 54.6 Å². The molecule has 0 saturated heterocycles. The molecule has 1 aliphatic rings. The van der Waals surface area contributed by atoms with Crippen LogP contribution in [0.5, 0.6) is 5.75 Å². The fourth-order valence-electron chi connectivity index (χ4n) is 3.47. The molecular weight excluding hydrogens is 364 g/mol. The standard InChI is InChI=1S/C23H24N4O2/c1-15(2)29-19-10-8-18(9-11-19)26-23(28)20-14-22(25-16(3)24-20)27-13-12-17-6-4-5-7-21(17)27/h4-11,14-15H,12-13H2,1-3H3,(H,26,28). The number of carbonyl (C=O) groups excluding carboxylic acids is 1. The summed E-state index contributed by atoms with van der Waals surface area (Å²) < 4.78 is 5.64. The molecule has 0 fully saturated rings. The summed E-state index contributed by atoms with van der Waals surface area (Å²) in [4.78, 5) is 23.8. The van der Waals surface area contributed by atoms with Gasteiger partial charge < -0.3 is 15.0 Å². The molecule has 0 unspecified atom stereocenters. The van der Waals surface area contributed by atoms with Crippen LogP contribution < -0.4 is 15.0 Å². The van der Waals surface area contributed by atoms with E-state index in [0.29, 0.717) is 17.2 Å². The van der Waals surface area contributed by atoms with Gasteiger partial charge in [-0.05, 0) is 63.1 Å². The quantitative estimate of drug-likeness (QED) is 0.696. The molecule has 2 aromatic carbocycles. The van der Waals surface area contributed by atoms with Gasteiger partial charge in [-0.15, -0.1) is 0 Å². The Bertz CT molecular complexity index is 1030. The molecule has 0 atom stereocenters. The third-order valence-electron chi connectivity index (χ3n) is 4.70. The fraction of sp³-hybridized carbons (Fsp3) is 0.261. The van der Waals surface area contributed by atoms with Crippen LogP contribution in [-0.4, -0.2) is 28.5 Å². The number of nitrogens with one attached hydrogen (secondary N) is 1. The maximum Gasteiger partial charge on any atom is 0.274 e. The van der Waals surface area contributed by atoms with Gasteiger partial charge in [0.15, 0.2) is 0 Å². The Labute approximate surface area is 170 Å². The van der Waals surface area contributed by atoms with Gasteiger partial charge in [-0.2, -0.15) is 0 Å². The highest BCUT2D eigenvalue weighted by Crippen LogP contribution is 2.33. The predicted molar refractivity (Wildman–Crippen MR) is 114 cm³/mol. The first kappa shape index (κ1) is 18.9. The van der Waals surface area contributed by atoms with Gasteiger partial charge in [0.05, 0.1) is 6.10 Å². The second-order valence-electron chi connectivity index (χ2n) is 7.33. The predicted octanol–water partition coefficient (Wildman–Crippen LogP) is 4.52. The van der Waals surface area contributed by atoms with E-state index < -0.39 is 0 Å². The number of fused-ring (bicyclic) bond motifs is 1. The van der Waals surface area contributed by atoms with E-state index in [0.717, 1.165) is 30.2 Å². The number of carbonyl (C=O) groups is 1. The van der Waals surface area contributed by atoms with Gasteiger partial charge >= 0.3 is 0 Å². The first-order valence-corrected chi connectivity index (χ1v) is 9.79. The van der Waals surface area contributed by atoms with E-state index >= 15 is 0 Å². The Kier molecular flexibility index (Phi) is 5.16. The highest BCUT2D eigenvalue weighted by atomic mass is 16.5. The largest absolute Gasteiger partial charge is 0.491 e. The summed E-state index contributed by atoms with van der Waals surface area (Å²) in [5, 5.41) is 2.90. The number of para-hydroxylation sites is 1. The van der Waals surface area contributed by atoms with Crippen molar-refractivity contribution in [1.82, 2.24) is 9.97 Å². The molecule has 6 heteroatoms. The van der Waals surface area contributed by atoms with Gasteiger partial charge in [0, 0.05) is 24.0 Å². The molecule has 1 amide bonds. The minimum atomic E-state index is -0.262. The van der Waals surface area contributed by atoms with Gasteiger partial charge in [0.25, 0.3) is 5.91 Å². The van der Waals surface area contributed by atoms with Crippen molar-refractivity contribution in [3.05, 3.63) is 71.7 Å². The maximum absolute atomic E-state index is 12.8. The molecule has 1 aliphatic heterocycles. The summed E-state index contributed by atoms with van der Waals surface area (Å²) in [5.74, 6) is 1.82. The molecule has 0 spiro atoms. The number of hydrogen-bond acceptors (Lipinski definition) is 5. The Morgan fingerprint density at radius 1 is 1.10 bits per heavy atom.